The van der Waals surface area contributed by atoms with Crippen molar-refractivity contribution in [3.05, 3.63) is 64.0 Å². The smallest absolute Gasteiger partial charge is 0.306 e. The third-order valence-corrected chi connectivity index (χ3v) is 3.05. The molecule has 2 rings (SSSR count). The van der Waals surface area contributed by atoms with Gasteiger partial charge in [0.1, 0.15) is 0 Å². The Balaban J connectivity index is 2.18. The van der Waals surface area contributed by atoms with E-state index in [1.54, 1.807) is 24.3 Å². The fourth-order valence-corrected chi connectivity index (χ4v) is 1.84. The van der Waals surface area contributed by atoms with E-state index in [0.717, 1.165) is 17.8 Å². The Kier molecular flexibility index (Phi) is 4.36. The second-order valence-corrected chi connectivity index (χ2v) is 4.82. The standard InChI is InChI=1S/C15H14FN3O3/c1-18(2)12-6-3-10(4-7-12)15(20)17-11-5-8-13(16)14(9-11)19(21)22/h3-9H,1-2H3,(H,17,20). The Labute approximate surface area is 126 Å². The minimum absolute atomic E-state index is 0.162. The van der Waals surface area contributed by atoms with Crippen LogP contribution in [0, 0.1) is 15.9 Å². The summed E-state index contributed by atoms with van der Waals surface area (Å²) in [4.78, 5) is 23.8. The molecular formula is C15H14FN3O3. The van der Waals surface area contributed by atoms with Crippen LogP contribution in [0.3, 0.4) is 0 Å². The molecule has 7 heteroatoms. The van der Waals surface area contributed by atoms with Crippen LogP contribution in [0.1, 0.15) is 10.4 Å². The van der Waals surface area contributed by atoms with Crippen LogP contribution in [0.15, 0.2) is 42.5 Å². The second kappa shape index (κ2) is 6.21. The van der Waals surface area contributed by atoms with Gasteiger partial charge in [-0.2, -0.15) is 4.39 Å². The molecule has 22 heavy (non-hydrogen) atoms. The molecule has 0 unspecified atom stereocenters. The highest BCUT2D eigenvalue weighted by molar-refractivity contribution is 6.04. The summed E-state index contributed by atoms with van der Waals surface area (Å²) in [7, 11) is 3.76. The van der Waals surface area contributed by atoms with Gasteiger partial charge in [-0.15, -0.1) is 0 Å². The van der Waals surface area contributed by atoms with Crippen LogP contribution in [0.4, 0.5) is 21.5 Å². The summed E-state index contributed by atoms with van der Waals surface area (Å²) in [6, 6.07) is 10.0. The number of carbonyl (C=O) groups excluding carboxylic acids is 1. The predicted octanol–water partition coefficient (Wildman–Crippen LogP) is 3.05. The van der Waals surface area contributed by atoms with E-state index < -0.39 is 22.3 Å². The van der Waals surface area contributed by atoms with Crippen molar-refractivity contribution in [2.45, 2.75) is 0 Å². The number of nitro benzene ring substituents is 1. The zero-order valence-corrected chi connectivity index (χ0v) is 12.0. The van der Waals surface area contributed by atoms with E-state index in [1.165, 1.54) is 6.07 Å². The summed E-state index contributed by atoms with van der Waals surface area (Å²) in [6.07, 6.45) is 0. The number of hydrogen-bond acceptors (Lipinski definition) is 4. The minimum atomic E-state index is -0.946. The first-order valence-corrected chi connectivity index (χ1v) is 6.41. The molecule has 0 aliphatic heterocycles. The molecule has 0 aliphatic carbocycles. The monoisotopic (exact) mass is 303 g/mol. The summed E-state index contributed by atoms with van der Waals surface area (Å²) in [5.41, 5.74) is 0.821. The molecule has 1 amide bonds. The number of benzene rings is 2. The highest BCUT2D eigenvalue weighted by atomic mass is 19.1. The zero-order chi connectivity index (χ0) is 16.3. The largest absolute Gasteiger partial charge is 0.378 e. The molecule has 0 aromatic heterocycles. The Morgan fingerprint density at radius 1 is 1.18 bits per heavy atom. The van der Waals surface area contributed by atoms with Gasteiger partial charge in [0.15, 0.2) is 0 Å². The molecule has 0 saturated heterocycles. The van der Waals surface area contributed by atoms with Gasteiger partial charge in [0, 0.05) is 37.1 Å². The number of amides is 1. The fourth-order valence-electron chi connectivity index (χ4n) is 1.84. The summed E-state index contributed by atoms with van der Waals surface area (Å²) < 4.78 is 13.2. The Morgan fingerprint density at radius 2 is 1.82 bits per heavy atom. The molecule has 0 fully saturated rings. The predicted molar refractivity (Wildman–Crippen MR) is 81.8 cm³/mol. The highest BCUT2D eigenvalue weighted by Gasteiger charge is 2.15. The van der Waals surface area contributed by atoms with Crippen molar-refractivity contribution in [1.82, 2.24) is 0 Å². The number of carbonyl (C=O) groups is 1. The van der Waals surface area contributed by atoms with Crippen molar-refractivity contribution in [1.29, 1.82) is 0 Å². The van der Waals surface area contributed by atoms with Crippen molar-refractivity contribution in [3.8, 4) is 0 Å². The Hall–Kier alpha value is -2.96. The topological polar surface area (TPSA) is 75.5 Å². The average Bonchev–Trinajstić information content (AvgIpc) is 2.49. The minimum Gasteiger partial charge on any atom is -0.378 e. The van der Waals surface area contributed by atoms with Gasteiger partial charge in [0.25, 0.3) is 5.91 Å². The number of halogens is 1. The lowest BCUT2D eigenvalue weighted by molar-refractivity contribution is -0.387. The van der Waals surface area contributed by atoms with Crippen molar-refractivity contribution in [3.63, 3.8) is 0 Å². The first-order valence-electron chi connectivity index (χ1n) is 6.41. The quantitative estimate of drug-likeness (QED) is 0.695. The molecule has 1 N–H and O–H groups in total. The number of nitro groups is 1. The number of anilines is 2. The SMILES string of the molecule is CN(C)c1ccc(C(=O)Nc2ccc(F)c([N+](=O)[O-])c2)cc1. The molecule has 0 saturated carbocycles. The van der Waals surface area contributed by atoms with Crippen molar-refractivity contribution < 1.29 is 14.1 Å². The molecule has 0 spiro atoms. The van der Waals surface area contributed by atoms with Crippen LogP contribution < -0.4 is 10.2 Å². The van der Waals surface area contributed by atoms with Crippen LogP contribution in [0.2, 0.25) is 0 Å². The van der Waals surface area contributed by atoms with E-state index in [2.05, 4.69) is 5.32 Å². The molecule has 0 radical (unpaired) electrons. The number of hydrogen-bond donors (Lipinski definition) is 1. The molecule has 0 bridgehead atoms. The van der Waals surface area contributed by atoms with E-state index in [4.69, 9.17) is 0 Å². The van der Waals surface area contributed by atoms with Crippen LogP contribution in [-0.4, -0.2) is 24.9 Å². The van der Waals surface area contributed by atoms with Crippen molar-refractivity contribution in [2.24, 2.45) is 0 Å². The first-order chi connectivity index (χ1) is 10.4. The average molecular weight is 303 g/mol. The van der Waals surface area contributed by atoms with Gasteiger partial charge in [-0.3, -0.25) is 14.9 Å². The lowest BCUT2D eigenvalue weighted by Gasteiger charge is -2.12. The van der Waals surface area contributed by atoms with Gasteiger partial charge >= 0.3 is 5.69 Å². The van der Waals surface area contributed by atoms with E-state index >= 15 is 0 Å². The van der Waals surface area contributed by atoms with Gasteiger partial charge in [-0.25, -0.2) is 0 Å². The third kappa shape index (κ3) is 3.38. The lowest BCUT2D eigenvalue weighted by atomic mass is 10.2. The van der Waals surface area contributed by atoms with Gasteiger partial charge in [-0.05, 0) is 36.4 Å². The fraction of sp³-hybridized carbons (Fsp3) is 0.133. The van der Waals surface area contributed by atoms with E-state index in [1.807, 2.05) is 19.0 Å². The third-order valence-electron chi connectivity index (χ3n) is 3.05. The molecule has 114 valence electrons. The highest BCUT2D eigenvalue weighted by Crippen LogP contribution is 2.22. The second-order valence-electron chi connectivity index (χ2n) is 4.82. The summed E-state index contributed by atoms with van der Waals surface area (Å²) in [5.74, 6) is -1.37. The number of nitrogens with one attached hydrogen (secondary N) is 1. The molecule has 6 nitrogen and oxygen atoms in total. The van der Waals surface area contributed by atoms with Gasteiger partial charge in [0.05, 0.1) is 4.92 Å². The summed E-state index contributed by atoms with van der Waals surface area (Å²) >= 11 is 0. The molecule has 2 aromatic carbocycles. The van der Waals surface area contributed by atoms with Crippen LogP contribution in [0.25, 0.3) is 0 Å². The summed E-state index contributed by atoms with van der Waals surface area (Å²) in [6.45, 7) is 0. The maximum Gasteiger partial charge on any atom is 0.306 e. The zero-order valence-electron chi connectivity index (χ0n) is 12.0. The lowest BCUT2D eigenvalue weighted by Crippen LogP contribution is -2.13. The van der Waals surface area contributed by atoms with E-state index in [-0.39, 0.29) is 5.69 Å². The van der Waals surface area contributed by atoms with Crippen LogP contribution in [0.5, 0.6) is 0 Å². The maximum absolute atomic E-state index is 13.2. The number of rotatable bonds is 4. The van der Waals surface area contributed by atoms with E-state index in [0.29, 0.717) is 5.56 Å². The summed E-state index contributed by atoms with van der Waals surface area (Å²) in [5, 5.41) is 13.2. The van der Waals surface area contributed by atoms with Crippen LogP contribution in [-0.2, 0) is 0 Å². The molecule has 0 aliphatic rings. The molecular weight excluding hydrogens is 289 g/mol. The Morgan fingerprint density at radius 3 is 2.36 bits per heavy atom. The van der Waals surface area contributed by atoms with E-state index in [9.17, 15) is 19.3 Å². The Bertz CT molecular complexity index is 714. The van der Waals surface area contributed by atoms with Crippen LogP contribution >= 0.6 is 0 Å². The van der Waals surface area contributed by atoms with Gasteiger partial charge in [0.2, 0.25) is 5.82 Å². The van der Waals surface area contributed by atoms with Gasteiger partial charge in [-0.1, -0.05) is 0 Å². The van der Waals surface area contributed by atoms with Crippen molar-refractivity contribution in [2.75, 3.05) is 24.3 Å². The van der Waals surface area contributed by atoms with Gasteiger partial charge < -0.3 is 10.2 Å². The molecule has 0 atom stereocenters. The maximum atomic E-state index is 13.2. The molecule has 2 aromatic rings. The molecule has 0 heterocycles. The first kappa shape index (κ1) is 15.4. The normalized spacial score (nSPS) is 10.1. The number of nitrogens with zero attached hydrogens (tertiary/aromatic N) is 2. The van der Waals surface area contributed by atoms with Crippen molar-refractivity contribution >= 4 is 23.0 Å².